The largest absolute Gasteiger partial charge is 1.00 e. The van der Waals surface area contributed by atoms with E-state index >= 15 is 0 Å². The number of aromatic nitrogens is 1. The van der Waals surface area contributed by atoms with Gasteiger partial charge in [-0.15, -0.1) is 11.3 Å². The van der Waals surface area contributed by atoms with Crippen molar-refractivity contribution in [3.63, 3.8) is 0 Å². The van der Waals surface area contributed by atoms with Crippen LogP contribution in [-0.2, 0) is 10.0 Å². The van der Waals surface area contributed by atoms with Crippen LogP contribution in [0.3, 0.4) is 0 Å². The Bertz CT molecular complexity index is 937. The average Bonchev–Trinajstić information content (AvgIpc) is 2.91. The van der Waals surface area contributed by atoms with Gasteiger partial charge in [0.15, 0.2) is 5.13 Å². The first-order chi connectivity index (χ1) is 10.8. The van der Waals surface area contributed by atoms with E-state index in [1.807, 2.05) is 6.92 Å². The van der Waals surface area contributed by atoms with Gasteiger partial charge >= 0.3 is 29.6 Å². The normalized spacial score (nSPS) is 17.8. The number of nitrogens with zero attached hydrogens (tertiary/aromatic N) is 2. The standard InChI is InChI=1S/C14H13N3O4S2.Na/c1-8-7-15-14(22-8)16-13(19)11-12(18)9-5-3-4-6-10(9)23(20,21)17(11)2;/h3-7,19H,1-2H3,(H,15,16);/q;+1/p-1/b13-11+;. The zero-order chi connectivity index (χ0) is 16.8. The summed E-state index contributed by atoms with van der Waals surface area (Å²) in [4.78, 5) is 17.3. The van der Waals surface area contributed by atoms with Crippen LogP contribution in [0.4, 0.5) is 5.13 Å². The number of sulfonamides is 1. The maximum atomic E-state index is 12.5. The number of likely N-dealkylation sites (N-methyl/N-ethyl adjacent to an activating group) is 1. The molecule has 1 aromatic carbocycles. The van der Waals surface area contributed by atoms with E-state index in [-0.39, 0.29) is 40.0 Å². The van der Waals surface area contributed by atoms with E-state index < -0.39 is 27.4 Å². The number of carbonyl (C=O) groups is 1. The number of nitrogens with one attached hydrogen (secondary N) is 1. The van der Waals surface area contributed by atoms with E-state index in [2.05, 4.69) is 10.3 Å². The van der Waals surface area contributed by atoms with Crippen molar-refractivity contribution in [1.29, 1.82) is 0 Å². The van der Waals surface area contributed by atoms with Gasteiger partial charge in [-0.1, -0.05) is 12.1 Å². The number of ketones is 1. The van der Waals surface area contributed by atoms with Crippen LogP contribution in [0, 0.1) is 6.92 Å². The molecule has 2 heterocycles. The molecule has 0 fully saturated rings. The predicted molar refractivity (Wildman–Crippen MR) is 83.2 cm³/mol. The molecule has 0 amide bonds. The summed E-state index contributed by atoms with van der Waals surface area (Å²) in [6.45, 7) is 1.82. The number of fused-ring (bicyclic) bond motifs is 1. The molecule has 1 aliphatic heterocycles. The molecule has 0 saturated carbocycles. The summed E-state index contributed by atoms with van der Waals surface area (Å²) in [6.07, 6.45) is 1.57. The smallest absolute Gasteiger partial charge is 0.859 e. The first kappa shape index (κ1) is 18.9. The van der Waals surface area contributed by atoms with Crippen molar-refractivity contribution < 1.29 is 47.9 Å². The Morgan fingerprint density at radius 1 is 1.33 bits per heavy atom. The summed E-state index contributed by atoms with van der Waals surface area (Å²) in [5, 5.41) is 15.2. The Morgan fingerprint density at radius 3 is 2.62 bits per heavy atom. The maximum Gasteiger partial charge on any atom is 1.00 e. The summed E-state index contributed by atoms with van der Waals surface area (Å²) in [7, 11) is -2.75. The van der Waals surface area contributed by atoms with Gasteiger partial charge in [-0.25, -0.2) is 13.4 Å². The quantitative estimate of drug-likeness (QED) is 0.368. The van der Waals surface area contributed by atoms with Gasteiger partial charge < -0.3 is 10.4 Å². The fourth-order valence-corrected chi connectivity index (χ4v) is 4.28. The van der Waals surface area contributed by atoms with Crippen molar-refractivity contribution >= 4 is 32.3 Å². The molecule has 0 aliphatic carbocycles. The monoisotopic (exact) mass is 373 g/mol. The minimum Gasteiger partial charge on any atom is -0.859 e. The number of hydrogen-bond donors (Lipinski definition) is 1. The summed E-state index contributed by atoms with van der Waals surface area (Å²) < 4.78 is 25.7. The number of thiazole rings is 1. The molecule has 3 rings (SSSR count). The molecule has 1 aromatic heterocycles. The van der Waals surface area contributed by atoms with Crippen molar-refractivity contribution in [2.24, 2.45) is 0 Å². The van der Waals surface area contributed by atoms with Gasteiger partial charge in [-0.2, -0.15) is 0 Å². The second-order valence-corrected chi connectivity index (χ2v) is 8.05. The van der Waals surface area contributed by atoms with Crippen LogP contribution >= 0.6 is 11.3 Å². The Kier molecular flexibility index (Phi) is 5.41. The van der Waals surface area contributed by atoms with E-state index in [1.165, 1.54) is 36.6 Å². The molecule has 1 N–H and O–H groups in total. The predicted octanol–water partition coefficient (Wildman–Crippen LogP) is -2.09. The van der Waals surface area contributed by atoms with Crippen molar-refractivity contribution in [2.45, 2.75) is 11.8 Å². The minimum atomic E-state index is -3.94. The zero-order valence-electron chi connectivity index (χ0n) is 13.2. The first-order valence-corrected chi connectivity index (χ1v) is 8.81. The van der Waals surface area contributed by atoms with Gasteiger partial charge in [0.1, 0.15) is 5.70 Å². The number of allylic oxidation sites excluding steroid dienone is 1. The molecule has 7 nitrogen and oxygen atoms in total. The third-order valence-electron chi connectivity index (χ3n) is 3.36. The molecule has 0 spiro atoms. The Balaban J connectivity index is 0.00000208. The molecule has 120 valence electrons. The molecule has 0 saturated heterocycles. The fraction of sp³-hybridized carbons (Fsp3) is 0.143. The van der Waals surface area contributed by atoms with Gasteiger partial charge in [0, 0.05) is 23.7 Å². The molecule has 2 aromatic rings. The first-order valence-electron chi connectivity index (χ1n) is 6.56. The van der Waals surface area contributed by atoms with E-state index in [4.69, 9.17) is 0 Å². The second kappa shape index (κ2) is 6.85. The fourth-order valence-electron chi connectivity index (χ4n) is 2.23. The number of rotatable bonds is 2. The maximum absolute atomic E-state index is 12.5. The Morgan fingerprint density at radius 2 is 2.00 bits per heavy atom. The molecule has 0 unspecified atom stereocenters. The van der Waals surface area contributed by atoms with Gasteiger partial charge in [-0.3, -0.25) is 9.10 Å². The van der Waals surface area contributed by atoms with Crippen LogP contribution in [-0.4, -0.2) is 30.5 Å². The summed E-state index contributed by atoms with van der Waals surface area (Å²) >= 11 is 1.23. The van der Waals surface area contributed by atoms with Crippen LogP contribution in [0.15, 0.2) is 46.9 Å². The van der Waals surface area contributed by atoms with Crippen LogP contribution in [0.5, 0.6) is 0 Å². The van der Waals surface area contributed by atoms with Gasteiger partial charge in [0.25, 0.3) is 10.0 Å². The van der Waals surface area contributed by atoms with Crippen molar-refractivity contribution in [1.82, 2.24) is 9.29 Å². The number of benzene rings is 1. The minimum absolute atomic E-state index is 0. The van der Waals surface area contributed by atoms with E-state index in [9.17, 15) is 18.3 Å². The third kappa shape index (κ3) is 3.09. The third-order valence-corrected chi connectivity index (χ3v) is 6.00. The molecule has 0 bridgehead atoms. The molecular weight excluding hydrogens is 361 g/mol. The summed E-state index contributed by atoms with van der Waals surface area (Å²) in [5.74, 6) is -1.44. The van der Waals surface area contributed by atoms with Gasteiger partial charge in [0.2, 0.25) is 5.78 Å². The SMILES string of the molecule is Cc1cnc(N/C([O-])=C2/C(=O)c3ccccc3S(=O)(=O)N2C)s1.[Na+]. The number of Topliss-reactive ketones (excluding diaryl/α,β-unsaturated/α-hetero) is 1. The zero-order valence-corrected chi connectivity index (χ0v) is 16.9. The van der Waals surface area contributed by atoms with Crippen LogP contribution in [0.1, 0.15) is 15.2 Å². The second-order valence-electron chi connectivity index (χ2n) is 4.88. The summed E-state index contributed by atoms with van der Waals surface area (Å²) in [6, 6.07) is 5.82. The molecule has 24 heavy (non-hydrogen) atoms. The van der Waals surface area contributed by atoms with Gasteiger partial charge in [-0.05, 0) is 24.9 Å². The number of anilines is 1. The average molecular weight is 373 g/mol. The van der Waals surface area contributed by atoms with Crippen LogP contribution < -0.4 is 40.0 Å². The van der Waals surface area contributed by atoms with E-state index in [0.717, 1.165) is 4.88 Å². The van der Waals surface area contributed by atoms with Crippen LogP contribution in [0.2, 0.25) is 0 Å². The summed E-state index contributed by atoms with van der Waals surface area (Å²) in [5.41, 5.74) is -0.456. The molecule has 1 aliphatic rings. The molecule has 10 heteroatoms. The Hall–Kier alpha value is -1.39. The topological polar surface area (TPSA) is 102 Å². The number of carbonyl (C=O) groups excluding carboxylic acids is 1. The molecule has 0 atom stereocenters. The number of aryl methyl sites for hydroxylation is 1. The number of hydrogen-bond acceptors (Lipinski definition) is 7. The van der Waals surface area contributed by atoms with E-state index in [1.54, 1.807) is 12.3 Å². The van der Waals surface area contributed by atoms with Gasteiger partial charge in [0.05, 0.1) is 4.90 Å². The Labute approximate surface area is 165 Å². The van der Waals surface area contributed by atoms with Crippen LogP contribution in [0.25, 0.3) is 0 Å². The van der Waals surface area contributed by atoms with Crippen molar-refractivity contribution in [2.75, 3.05) is 12.4 Å². The van der Waals surface area contributed by atoms with Crippen molar-refractivity contribution in [3.05, 3.63) is 52.5 Å². The molecular formula is C14H12N3NaO4S2. The van der Waals surface area contributed by atoms with Crippen molar-refractivity contribution in [3.8, 4) is 0 Å². The molecule has 0 radical (unpaired) electrons. The van der Waals surface area contributed by atoms with E-state index in [0.29, 0.717) is 9.44 Å².